The zero-order valence-electron chi connectivity index (χ0n) is 16.0. The molecular formula is C22H22N4OS2. The molecule has 1 atom stereocenters. The number of hydrogen-bond acceptors (Lipinski definition) is 7. The highest BCUT2D eigenvalue weighted by Crippen LogP contribution is 2.38. The number of carbonyl (C=O) groups is 1. The number of nitrogens with one attached hydrogen (secondary N) is 1. The molecule has 0 bridgehead atoms. The van der Waals surface area contributed by atoms with Crippen molar-refractivity contribution in [3.8, 4) is 0 Å². The number of aldehydes is 1. The van der Waals surface area contributed by atoms with E-state index in [9.17, 15) is 4.79 Å². The van der Waals surface area contributed by atoms with Gasteiger partial charge in [-0.1, -0.05) is 0 Å². The highest BCUT2D eigenvalue weighted by Gasteiger charge is 2.21. The monoisotopic (exact) mass is 422 g/mol. The van der Waals surface area contributed by atoms with E-state index in [1.807, 2.05) is 17.8 Å². The van der Waals surface area contributed by atoms with E-state index in [-0.39, 0.29) is 0 Å². The number of thiophene rings is 1. The Hall–Kier alpha value is -2.35. The molecule has 1 aliphatic heterocycles. The Morgan fingerprint density at radius 2 is 2.14 bits per heavy atom. The number of likely N-dealkylation sites (tertiary alicyclic amines) is 1. The van der Waals surface area contributed by atoms with Gasteiger partial charge < -0.3 is 10.1 Å². The molecule has 1 aromatic carbocycles. The van der Waals surface area contributed by atoms with Crippen LogP contribution >= 0.6 is 22.7 Å². The maximum absolute atomic E-state index is 10.8. The van der Waals surface area contributed by atoms with E-state index in [1.165, 1.54) is 21.4 Å². The third-order valence-corrected chi connectivity index (χ3v) is 7.64. The maximum Gasteiger partial charge on any atom is 0.133 e. The van der Waals surface area contributed by atoms with Crippen molar-refractivity contribution in [1.82, 2.24) is 14.9 Å². The number of carbonyl (C=O) groups excluding carboxylic acids is 1. The summed E-state index contributed by atoms with van der Waals surface area (Å²) >= 11 is 3.47. The average molecular weight is 423 g/mol. The van der Waals surface area contributed by atoms with Crippen LogP contribution in [0, 0.1) is 0 Å². The first-order valence-corrected chi connectivity index (χ1v) is 11.6. The molecule has 0 aliphatic carbocycles. The number of pyridine rings is 1. The fourth-order valence-corrected chi connectivity index (χ4v) is 5.94. The number of benzene rings is 1. The molecule has 1 fully saturated rings. The molecule has 4 heterocycles. The van der Waals surface area contributed by atoms with Gasteiger partial charge in [0.05, 0.1) is 28.0 Å². The zero-order valence-corrected chi connectivity index (χ0v) is 17.6. The van der Waals surface area contributed by atoms with Gasteiger partial charge in [-0.15, -0.1) is 22.7 Å². The van der Waals surface area contributed by atoms with Crippen molar-refractivity contribution in [1.29, 1.82) is 0 Å². The highest BCUT2D eigenvalue weighted by molar-refractivity contribution is 7.18. The highest BCUT2D eigenvalue weighted by atomic mass is 32.1. The Morgan fingerprint density at radius 3 is 3.07 bits per heavy atom. The molecule has 29 heavy (non-hydrogen) atoms. The van der Waals surface area contributed by atoms with E-state index in [0.29, 0.717) is 12.5 Å². The number of anilines is 2. The normalized spacial score (nSPS) is 18.1. The van der Waals surface area contributed by atoms with Crippen LogP contribution in [0.5, 0.6) is 0 Å². The van der Waals surface area contributed by atoms with Gasteiger partial charge in [-0.2, -0.15) is 0 Å². The molecule has 5 nitrogen and oxygen atoms in total. The molecule has 1 aliphatic rings. The van der Waals surface area contributed by atoms with Gasteiger partial charge in [0.25, 0.3) is 0 Å². The number of rotatable bonds is 5. The second-order valence-electron chi connectivity index (χ2n) is 7.48. The van der Waals surface area contributed by atoms with Gasteiger partial charge in [0.2, 0.25) is 0 Å². The molecule has 0 unspecified atom stereocenters. The van der Waals surface area contributed by atoms with Crippen molar-refractivity contribution < 1.29 is 4.79 Å². The number of fused-ring (bicyclic) bond motifs is 2. The van der Waals surface area contributed by atoms with Gasteiger partial charge in [0, 0.05) is 22.1 Å². The first kappa shape index (κ1) is 18.7. The van der Waals surface area contributed by atoms with Crippen molar-refractivity contribution in [3.63, 3.8) is 0 Å². The van der Waals surface area contributed by atoms with Crippen molar-refractivity contribution in [2.75, 3.05) is 25.0 Å². The quantitative estimate of drug-likeness (QED) is 0.435. The van der Waals surface area contributed by atoms with Crippen molar-refractivity contribution in [2.24, 2.45) is 0 Å². The summed E-state index contributed by atoms with van der Waals surface area (Å²) in [7, 11) is 0. The summed E-state index contributed by atoms with van der Waals surface area (Å²) in [5.74, 6) is 0.546. The van der Waals surface area contributed by atoms with Gasteiger partial charge in [-0.05, 0) is 68.6 Å². The van der Waals surface area contributed by atoms with E-state index < -0.39 is 0 Å². The molecule has 7 heteroatoms. The van der Waals surface area contributed by atoms with E-state index in [1.54, 1.807) is 22.7 Å². The van der Waals surface area contributed by atoms with E-state index in [4.69, 9.17) is 0 Å². The van der Waals surface area contributed by atoms with Crippen LogP contribution < -0.4 is 5.32 Å². The van der Waals surface area contributed by atoms with Crippen LogP contribution in [-0.2, 0) is 4.79 Å². The van der Waals surface area contributed by atoms with Crippen LogP contribution in [0.3, 0.4) is 0 Å². The number of nitrogens with zero attached hydrogens (tertiary/aromatic N) is 3. The molecule has 5 rings (SSSR count). The predicted octanol–water partition coefficient (Wildman–Crippen LogP) is 5.42. The number of hydrogen-bond donors (Lipinski definition) is 1. The van der Waals surface area contributed by atoms with Crippen LogP contribution in [0.2, 0.25) is 0 Å². The van der Waals surface area contributed by atoms with Gasteiger partial charge >= 0.3 is 0 Å². The first-order chi connectivity index (χ1) is 14.3. The Morgan fingerprint density at radius 1 is 1.17 bits per heavy atom. The Labute approximate surface area is 177 Å². The van der Waals surface area contributed by atoms with Crippen LogP contribution in [0.25, 0.3) is 20.4 Å². The molecule has 148 valence electrons. The summed E-state index contributed by atoms with van der Waals surface area (Å²) in [6.07, 6.45) is 6.31. The summed E-state index contributed by atoms with van der Waals surface area (Å²) in [6, 6.07) is 10.7. The zero-order chi connectivity index (χ0) is 19.6. The number of aromatic nitrogens is 2. The van der Waals surface area contributed by atoms with Crippen LogP contribution in [0.1, 0.15) is 30.1 Å². The van der Waals surface area contributed by atoms with Gasteiger partial charge in [0.1, 0.15) is 11.1 Å². The molecule has 0 saturated carbocycles. The maximum atomic E-state index is 10.8. The van der Waals surface area contributed by atoms with Gasteiger partial charge in [-0.25, -0.2) is 9.97 Å². The standard InChI is InChI=1S/C22H22N4OS2/c27-11-10-26-8-1-2-15(6-9-26)21-13-17-18(5-7-23-22(17)29-21)25-16-3-4-20-19(12-16)24-14-28-20/h3-5,7,11-15H,1-2,6,8-10H2,(H,23,25)/t15-/m1/s1. The second-order valence-corrected chi connectivity index (χ2v) is 9.43. The molecular weight excluding hydrogens is 400 g/mol. The van der Waals surface area contributed by atoms with Crippen LogP contribution in [-0.4, -0.2) is 40.8 Å². The average Bonchev–Trinajstić information content (AvgIpc) is 3.31. The van der Waals surface area contributed by atoms with E-state index in [2.05, 4.69) is 44.5 Å². The third-order valence-electron chi connectivity index (χ3n) is 5.62. The Bertz CT molecular complexity index is 1150. The predicted molar refractivity (Wildman–Crippen MR) is 122 cm³/mol. The second kappa shape index (κ2) is 8.18. The minimum absolute atomic E-state index is 0.546. The minimum Gasteiger partial charge on any atom is -0.355 e. The summed E-state index contributed by atoms with van der Waals surface area (Å²) in [5.41, 5.74) is 5.04. The van der Waals surface area contributed by atoms with Crippen molar-refractivity contribution in [3.05, 3.63) is 46.9 Å². The number of thiazole rings is 1. The summed E-state index contributed by atoms with van der Waals surface area (Å²) in [4.78, 5) is 24.6. The minimum atomic E-state index is 0.546. The van der Waals surface area contributed by atoms with Crippen LogP contribution in [0.15, 0.2) is 42.0 Å². The molecule has 3 aromatic heterocycles. The third kappa shape index (κ3) is 3.90. The van der Waals surface area contributed by atoms with Crippen molar-refractivity contribution >= 4 is 60.8 Å². The fraction of sp³-hybridized carbons (Fsp3) is 0.318. The van der Waals surface area contributed by atoms with E-state index in [0.717, 1.165) is 53.9 Å². The Kier molecular flexibility index (Phi) is 5.26. The Balaban J connectivity index is 1.41. The lowest BCUT2D eigenvalue weighted by Gasteiger charge is -2.16. The summed E-state index contributed by atoms with van der Waals surface area (Å²) < 4.78 is 1.20. The molecule has 1 N–H and O–H groups in total. The van der Waals surface area contributed by atoms with Crippen LogP contribution in [0.4, 0.5) is 11.4 Å². The van der Waals surface area contributed by atoms with Crippen molar-refractivity contribution in [2.45, 2.75) is 25.2 Å². The van der Waals surface area contributed by atoms with Gasteiger partial charge in [-0.3, -0.25) is 4.90 Å². The fourth-order valence-electron chi connectivity index (χ4n) is 4.09. The molecule has 1 saturated heterocycles. The van der Waals surface area contributed by atoms with Gasteiger partial charge in [0.15, 0.2) is 0 Å². The molecule has 0 radical (unpaired) electrons. The smallest absolute Gasteiger partial charge is 0.133 e. The van der Waals surface area contributed by atoms with E-state index >= 15 is 0 Å². The molecule has 4 aromatic rings. The largest absolute Gasteiger partial charge is 0.355 e. The lowest BCUT2D eigenvalue weighted by Crippen LogP contribution is -2.26. The topological polar surface area (TPSA) is 58.1 Å². The lowest BCUT2D eigenvalue weighted by atomic mass is 9.98. The SMILES string of the molecule is O=CCN1CCC[C@@H](c2cc3c(Nc4ccc5scnc5c4)ccnc3s2)CC1. The molecule has 0 amide bonds. The molecule has 0 spiro atoms. The summed E-state index contributed by atoms with van der Waals surface area (Å²) in [6.45, 7) is 2.56. The first-order valence-electron chi connectivity index (χ1n) is 9.95. The summed E-state index contributed by atoms with van der Waals surface area (Å²) in [5, 5.41) is 4.75. The lowest BCUT2D eigenvalue weighted by molar-refractivity contribution is -0.108.